The topological polar surface area (TPSA) is 66.0 Å². The molecule has 1 fully saturated rings. The molecule has 2 heterocycles. The zero-order valence-electron chi connectivity index (χ0n) is 18.9. The van der Waals surface area contributed by atoms with E-state index in [0.717, 1.165) is 49.6 Å². The number of benzene rings is 1. The summed E-state index contributed by atoms with van der Waals surface area (Å²) in [5.74, 6) is 1.62. The minimum Gasteiger partial charge on any atom is -0.494 e. The highest BCUT2D eigenvalue weighted by atomic mass is 16.5. The monoisotopic (exact) mass is 424 g/mol. The third-order valence-corrected chi connectivity index (χ3v) is 5.82. The van der Waals surface area contributed by atoms with Gasteiger partial charge >= 0.3 is 0 Å². The van der Waals surface area contributed by atoms with Gasteiger partial charge in [0.1, 0.15) is 11.6 Å². The first kappa shape index (κ1) is 22.6. The summed E-state index contributed by atoms with van der Waals surface area (Å²) in [7, 11) is 3.59. The van der Waals surface area contributed by atoms with Crippen LogP contribution >= 0.6 is 0 Å². The Morgan fingerprint density at radius 1 is 1.16 bits per heavy atom. The van der Waals surface area contributed by atoms with E-state index in [1.807, 2.05) is 31.3 Å². The number of aromatic nitrogens is 1. The number of amides is 2. The van der Waals surface area contributed by atoms with Gasteiger partial charge in [-0.3, -0.25) is 9.59 Å². The predicted octanol–water partition coefficient (Wildman–Crippen LogP) is 3.59. The van der Waals surface area contributed by atoms with Gasteiger partial charge in [0.2, 0.25) is 5.91 Å². The lowest BCUT2D eigenvalue weighted by atomic mass is 10.2. The van der Waals surface area contributed by atoms with Gasteiger partial charge in [0.15, 0.2) is 0 Å². The van der Waals surface area contributed by atoms with E-state index in [0.29, 0.717) is 12.2 Å². The van der Waals surface area contributed by atoms with Gasteiger partial charge in [0.05, 0.1) is 24.5 Å². The molecule has 1 saturated heterocycles. The van der Waals surface area contributed by atoms with Gasteiger partial charge in [-0.2, -0.15) is 0 Å². The van der Waals surface area contributed by atoms with E-state index in [4.69, 9.17) is 4.74 Å². The number of hydrogen-bond acceptors (Lipinski definition) is 5. The van der Waals surface area contributed by atoms with Crippen LogP contribution in [0.5, 0.6) is 5.75 Å². The van der Waals surface area contributed by atoms with Gasteiger partial charge in [0.25, 0.3) is 5.91 Å². The van der Waals surface area contributed by atoms with Gasteiger partial charge in [0, 0.05) is 39.7 Å². The quantitative estimate of drug-likeness (QED) is 0.606. The predicted molar refractivity (Wildman–Crippen MR) is 123 cm³/mol. The molecule has 2 aromatic rings. The molecule has 0 saturated carbocycles. The van der Waals surface area contributed by atoms with Gasteiger partial charge in [-0.05, 0) is 49.2 Å². The number of unbranched alkanes of at least 4 members (excludes halogenated alkanes) is 1. The Kier molecular flexibility index (Phi) is 7.50. The summed E-state index contributed by atoms with van der Waals surface area (Å²) in [5, 5.41) is 0. The number of anilines is 2. The fourth-order valence-corrected chi connectivity index (χ4v) is 3.63. The lowest BCUT2D eigenvalue weighted by Crippen LogP contribution is -2.37. The number of pyridine rings is 1. The average molecular weight is 425 g/mol. The van der Waals surface area contributed by atoms with Crippen molar-refractivity contribution >= 4 is 23.3 Å². The summed E-state index contributed by atoms with van der Waals surface area (Å²) in [6, 6.07) is 11.3. The highest BCUT2D eigenvalue weighted by Crippen LogP contribution is 2.24. The Balaban J connectivity index is 1.60. The van der Waals surface area contributed by atoms with Crippen LogP contribution in [0.2, 0.25) is 0 Å². The first-order valence-corrected chi connectivity index (χ1v) is 10.9. The summed E-state index contributed by atoms with van der Waals surface area (Å²) in [6.45, 7) is 6.03. The second-order valence-electron chi connectivity index (χ2n) is 7.98. The van der Waals surface area contributed by atoms with Gasteiger partial charge in [-0.25, -0.2) is 4.98 Å². The van der Waals surface area contributed by atoms with Crippen LogP contribution in [0.4, 0.5) is 11.5 Å². The molecular weight excluding hydrogens is 392 g/mol. The van der Waals surface area contributed by atoms with Crippen LogP contribution in [0.3, 0.4) is 0 Å². The highest BCUT2D eigenvalue weighted by Gasteiger charge is 2.27. The molecular formula is C24H32N4O3. The molecule has 1 aromatic carbocycles. The van der Waals surface area contributed by atoms with Crippen LogP contribution in [-0.2, 0) is 4.79 Å². The molecule has 31 heavy (non-hydrogen) atoms. The molecule has 1 aliphatic rings. The van der Waals surface area contributed by atoms with Crippen LogP contribution in [0.15, 0.2) is 42.6 Å². The van der Waals surface area contributed by atoms with E-state index in [-0.39, 0.29) is 17.9 Å². The van der Waals surface area contributed by atoms with Crippen molar-refractivity contribution in [1.82, 2.24) is 9.88 Å². The second-order valence-corrected chi connectivity index (χ2v) is 7.98. The first-order chi connectivity index (χ1) is 14.9. The van der Waals surface area contributed by atoms with E-state index < -0.39 is 0 Å². The Labute approximate surface area is 184 Å². The number of rotatable bonds is 8. The van der Waals surface area contributed by atoms with Crippen molar-refractivity contribution in [2.24, 2.45) is 0 Å². The van der Waals surface area contributed by atoms with Crippen molar-refractivity contribution in [2.45, 2.75) is 39.2 Å². The van der Waals surface area contributed by atoms with Crippen molar-refractivity contribution in [3.05, 3.63) is 48.2 Å². The third kappa shape index (κ3) is 5.54. The number of hydrogen-bond donors (Lipinski definition) is 0. The maximum atomic E-state index is 12.8. The molecule has 166 valence electrons. The van der Waals surface area contributed by atoms with E-state index >= 15 is 0 Å². The third-order valence-electron chi connectivity index (χ3n) is 5.82. The molecule has 1 atom stereocenters. The van der Waals surface area contributed by atoms with Crippen LogP contribution < -0.4 is 14.5 Å². The SMILES string of the molecule is CCCCOc1ccc(C(=O)N(C)c2ccc(N3CCC(N(C)C(C)=O)C3)nc2)cc1. The molecule has 1 aliphatic heterocycles. The number of carbonyl (C=O) groups excluding carboxylic acids is 2. The summed E-state index contributed by atoms with van der Waals surface area (Å²) in [4.78, 5) is 34.6. The summed E-state index contributed by atoms with van der Waals surface area (Å²) in [6.07, 6.45) is 4.74. The molecule has 7 heteroatoms. The van der Waals surface area contributed by atoms with Crippen LogP contribution in [0.25, 0.3) is 0 Å². The summed E-state index contributed by atoms with van der Waals surface area (Å²) >= 11 is 0. The van der Waals surface area contributed by atoms with Crippen LogP contribution in [0.1, 0.15) is 43.5 Å². The lowest BCUT2D eigenvalue weighted by Gasteiger charge is -2.24. The Morgan fingerprint density at radius 3 is 2.52 bits per heavy atom. The molecule has 0 bridgehead atoms. The molecule has 1 aromatic heterocycles. The average Bonchev–Trinajstić information content (AvgIpc) is 3.28. The zero-order valence-corrected chi connectivity index (χ0v) is 18.9. The van der Waals surface area contributed by atoms with E-state index in [2.05, 4.69) is 16.8 Å². The van der Waals surface area contributed by atoms with Gasteiger partial charge in [-0.15, -0.1) is 0 Å². The van der Waals surface area contributed by atoms with Gasteiger partial charge < -0.3 is 19.4 Å². The summed E-state index contributed by atoms with van der Waals surface area (Å²) in [5.41, 5.74) is 1.33. The fourth-order valence-electron chi connectivity index (χ4n) is 3.63. The molecule has 7 nitrogen and oxygen atoms in total. The Bertz CT molecular complexity index is 883. The van der Waals surface area contributed by atoms with Crippen LogP contribution in [0, 0.1) is 0 Å². The van der Waals surface area contributed by atoms with Crippen molar-refractivity contribution in [1.29, 1.82) is 0 Å². The number of likely N-dealkylation sites (N-methyl/N-ethyl adjacent to an activating group) is 1. The molecule has 0 spiro atoms. The second kappa shape index (κ2) is 10.3. The normalized spacial score (nSPS) is 15.6. The van der Waals surface area contributed by atoms with Crippen LogP contribution in [-0.4, -0.2) is 61.5 Å². The molecule has 1 unspecified atom stereocenters. The number of nitrogens with zero attached hydrogens (tertiary/aromatic N) is 4. The minimum absolute atomic E-state index is 0.0795. The first-order valence-electron chi connectivity index (χ1n) is 10.9. The molecule has 2 amide bonds. The Hall–Kier alpha value is -3.09. The minimum atomic E-state index is -0.0982. The van der Waals surface area contributed by atoms with Crippen molar-refractivity contribution in [3.63, 3.8) is 0 Å². The lowest BCUT2D eigenvalue weighted by molar-refractivity contribution is -0.129. The van der Waals surface area contributed by atoms with E-state index in [9.17, 15) is 9.59 Å². The number of ether oxygens (including phenoxy) is 1. The number of carbonyl (C=O) groups is 2. The zero-order chi connectivity index (χ0) is 22.4. The standard InChI is InChI=1S/C24H32N4O3/c1-5-6-15-31-22-10-7-19(8-11-22)24(30)27(4)20-9-12-23(25-16-20)28-14-13-21(17-28)26(3)18(2)29/h7-12,16,21H,5-6,13-15,17H2,1-4H3. The molecule has 0 radical (unpaired) electrons. The maximum Gasteiger partial charge on any atom is 0.258 e. The smallest absolute Gasteiger partial charge is 0.258 e. The highest BCUT2D eigenvalue weighted by molar-refractivity contribution is 6.05. The largest absolute Gasteiger partial charge is 0.494 e. The van der Waals surface area contributed by atoms with Crippen molar-refractivity contribution in [2.75, 3.05) is 43.6 Å². The van der Waals surface area contributed by atoms with E-state index in [1.54, 1.807) is 42.1 Å². The summed E-state index contributed by atoms with van der Waals surface area (Å²) < 4.78 is 5.66. The van der Waals surface area contributed by atoms with Crippen molar-refractivity contribution in [3.8, 4) is 5.75 Å². The maximum absolute atomic E-state index is 12.8. The van der Waals surface area contributed by atoms with E-state index in [1.165, 1.54) is 0 Å². The molecule has 3 rings (SSSR count). The van der Waals surface area contributed by atoms with Crippen molar-refractivity contribution < 1.29 is 14.3 Å². The molecule has 0 N–H and O–H groups in total. The van der Waals surface area contributed by atoms with Gasteiger partial charge in [-0.1, -0.05) is 13.3 Å². The Morgan fingerprint density at radius 2 is 1.90 bits per heavy atom. The molecule has 0 aliphatic carbocycles. The fraction of sp³-hybridized carbons (Fsp3) is 0.458.